The number of unbranched alkanes of at least 4 members (excludes halogenated alkanes) is 12. The second kappa shape index (κ2) is 42.0. The third-order valence-corrected chi connectivity index (χ3v) is 15.7. The van der Waals surface area contributed by atoms with Crippen molar-refractivity contribution < 1.29 is 63.0 Å². The smallest absolute Gasteiger partial charge is 0.325 e. The number of aliphatic carboxylic acids is 1. The lowest BCUT2D eigenvalue weighted by atomic mass is 9.97. The summed E-state index contributed by atoms with van der Waals surface area (Å²) in [6.45, 7) is 8.19. The van der Waals surface area contributed by atoms with Gasteiger partial charge in [-0.1, -0.05) is 122 Å². The molecule has 26 heteroatoms. The van der Waals surface area contributed by atoms with Crippen molar-refractivity contribution in [2.24, 2.45) is 23.1 Å². The Labute approximate surface area is 528 Å². The number of aromatic amines is 1. The molecule has 10 amide bonds. The molecule has 0 fully saturated rings. The summed E-state index contributed by atoms with van der Waals surface area (Å²) in [5.41, 5.74) is 19.1. The number of aromatic nitrogens is 1. The van der Waals surface area contributed by atoms with Crippen LogP contribution in [0.25, 0.3) is 10.9 Å². The fourth-order valence-electron chi connectivity index (χ4n) is 10.0. The van der Waals surface area contributed by atoms with E-state index in [0.29, 0.717) is 44.1 Å². The second-order valence-electron chi connectivity index (χ2n) is 23.3. The van der Waals surface area contributed by atoms with E-state index in [4.69, 9.17) is 17.2 Å². The van der Waals surface area contributed by atoms with Gasteiger partial charge in [0.1, 0.15) is 54.1 Å². The van der Waals surface area contributed by atoms with Crippen molar-refractivity contribution in [2.75, 3.05) is 19.6 Å². The third kappa shape index (κ3) is 28.6. The molecule has 500 valence electrons. The van der Waals surface area contributed by atoms with Crippen LogP contribution in [0.15, 0.2) is 54.7 Å². The van der Waals surface area contributed by atoms with Crippen LogP contribution >= 0.6 is 0 Å². The van der Waals surface area contributed by atoms with Gasteiger partial charge in [-0.2, -0.15) is 0 Å². The van der Waals surface area contributed by atoms with Gasteiger partial charge in [-0.3, -0.25) is 52.7 Å². The number of para-hydroxylation sites is 1. The number of aromatic hydroxyl groups is 1. The fourth-order valence-corrected chi connectivity index (χ4v) is 10.0. The number of hydrogen-bond donors (Lipinski definition) is 15. The monoisotopic (exact) mass is 1260 g/mol. The number of carbonyl (C=O) groups is 11. The summed E-state index contributed by atoms with van der Waals surface area (Å²) in [4.78, 5) is 151. The van der Waals surface area contributed by atoms with Crippen molar-refractivity contribution in [3.63, 3.8) is 0 Å². The van der Waals surface area contributed by atoms with Gasteiger partial charge in [0.15, 0.2) is 0 Å². The molecule has 0 spiro atoms. The van der Waals surface area contributed by atoms with Gasteiger partial charge in [0, 0.05) is 36.4 Å². The lowest BCUT2D eigenvalue weighted by molar-refractivity contribution is -0.142. The molecule has 0 radical (unpaired) electrons. The van der Waals surface area contributed by atoms with Crippen LogP contribution in [-0.2, 0) is 65.6 Å². The van der Waals surface area contributed by atoms with E-state index in [-0.39, 0.29) is 56.9 Å². The second-order valence-corrected chi connectivity index (χ2v) is 23.3. The van der Waals surface area contributed by atoms with Crippen LogP contribution in [0.5, 0.6) is 5.75 Å². The molecule has 1 heterocycles. The van der Waals surface area contributed by atoms with Crippen LogP contribution in [0.3, 0.4) is 0 Å². The molecule has 0 aliphatic carbocycles. The summed E-state index contributed by atoms with van der Waals surface area (Å²) < 4.78 is 0. The topological polar surface area (TPSA) is 430 Å². The van der Waals surface area contributed by atoms with Crippen LogP contribution in [0, 0.1) is 5.92 Å². The maximum Gasteiger partial charge on any atom is 0.325 e. The maximum absolute atomic E-state index is 14.4. The van der Waals surface area contributed by atoms with Crippen LogP contribution < -0.4 is 65.1 Å². The molecule has 0 aliphatic heterocycles. The molecule has 2 aromatic carbocycles. The van der Waals surface area contributed by atoms with Crippen LogP contribution in [0.4, 0.5) is 0 Å². The fraction of sp³-hybridized carbons (Fsp3) is 0.609. The van der Waals surface area contributed by atoms with Gasteiger partial charge in [-0.25, -0.2) is 0 Å². The predicted molar refractivity (Wildman–Crippen MR) is 341 cm³/mol. The standard InChI is InChI=1S/C64H101N13O13/c1-6-8-9-10-11-12-13-14-15-16-17-28-54(80)72-51(36-44-38-68-47-25-19-18-24-46(44)47)58(83)69-39-55(81)70-41(4)57(82)77-56(40(3)7-2)63(88)74-49(27-21-23-34-66)59(84)73-48(26-20-22-33-65)60(85)75-50(35-43-29-31-45(78)32-30-43)62(87)76-52(37-53(67)79)61(86)71-42(5)64(89)90/h18-19,24-25,29-32,38,40-42,48-52,56,68,78H,6-17,20-23,26-28,33-37,39,65-66H2,1-5H3,(H2,67,79)(H,69,83)(H,70,81)(H,71,86)(H,72,80)(H,73,84)(H,74,88)(H,75,85)(H,76,87)(H,77,82)(H,89,90)/t40-,41-,42-,48-,49-,50-,51-,52-,56-/m0/s1. The van der Waals surface area contributed by atoms with E-state index in [2.05, 4.69) is 59.8 Å². The van der Waals surface area contributed by atoms with E-state index in [1.807, 2.05) is 24.3 Å². The van der Waals surface area contributed by atoms with E-state index in [9.17, 15) is 63.0 Å². The lowest BCUT2D eigenvalue weighted by Crippen LogP contribution is -2.61. The highest BCUT2D eigenvalue weighted by molar-refractivity contribution is 5.99. The Bertz CT molecular complexity index is 2780. The normalized spacial score (nSPS) is 14.2. The van der Waals surface area contributed by atoms with Crippen molar-refractivity contribution in [1.82, 2.24) is 52.8 Å². The molecule has 26 nitrogen and oxygen atoms in total. The maximum atomic E-state index is 14.4. The number of phenolic OH excluding ortho intramolecular Hbond substituents is 1. The van der Waals surface area contributed by atoms with E-state index in [1.54, 1.807) is 20.0 Å². The largest absolute Gasteiger partial charge is 0.508 e. The van der Waals surface area contributed by atoms with Gasteiger partial charge >= 0.3 is 5.97 Å². The molecule has 0 saturated heterocycles. The third-order valence-electron chi connectivity index (χ3n) is 15.7. The first kappa shape index (κ1) is 76.1. The number of carbonyl (C=O) groups excluding carboxylic acids is 10. The van der Waals surface area contributed by atoms with Crippen molar-refractivity contribution in [3.05, 3.63) is 65.9 Å². The number of H-pyrrole nitrogens is 1. The van der Waals surface area contributed by atoms with Crippen molar-refractivity contribution in [1.29, 1.82) is 0 Å². The zero-order chi connectivity index (χ0) is 66.5. The van der Waals surface area contributed by atoms with Gasteiger partial charge in [0.05, 0.1) is 13.0 Å². The predicted octanol–water partition coefficient (Wildman–Crippen LogP) is 2.66. The molecule has 0 saturated carbocycles. The molecule has 1 aromatic heterocycles. The van der Waals surface area contributed by atoms with Gasteiger partial charge in [0.25, 0.3) is 0 Å². The molecule has 0 unspecified atom stereocenters. The SMILES string of the molecule is CCCCCCCCCCCCCC(=O)N[C@@H](Cc1c[nH]c2ccccc12)C(=O)NCC(=O)N[C@@H](C)C(=O)N[C@H](C(=O)N[C@@H](CCCCN)C(=O)N[C@@H](CCCCN)C(=O)N[C@@H](Cc1ccc(O)cc1)C(=O)N[C@@H](CC(N)=O)C(=O)N[C@@H](C)C(=O)O)[C@@H](C)CC. The summed E-state index contributed by atoms with van der Waals surface area (Å²) in [5.74, 6) is -9.90. The average molecular weight is 1260 g/mol. The molecule has 3 aromatic rings. The number of nitrogens with two attached hydrogens (primary N) is 3. The van der Waals surface area contributed by atoms with Crippen molar-refractivity contribution in [3.8, 4) is 5.75 Å². The first-order valence-electron chi connectivity index (χ1n) is 31.9. The molecular formula is C64H101N13O13. The Morgan fingerprint density at radius 2 is 1.03 bits per heavy atom. The van der Waals surface area contributed by atoms with Crippen molar-refractivity contribution in [2.45, 2.75) is 224 Å². The highest BCUT2D eigenvalue weighted by Crippen LogP contribution is 2.20. The van der Waals surface area contributed by atoms with E-state index < -0.39 is 126 Å². The zero-order valence-electron chi connectivity index (χ0n) is 53.2. The van der Waals surface area contributed by atoms with Crippen LogP contribution in [-0.4, -0.2) is 148 Å². The number of phenols is 1. The number of rotatable bonds is 46. The summed E-state index contributed by atoms with van der Waals surface area (Å²) >= 11 is 0. The summed E-state index contributed by atoms with van der Waals surface area (Å²) in [7, 11) is 0. The molecule has 0 bridgehead atoms. The minimum Gasteiger partial charge on any atom is -0.508 e. The first-order valence-corrected chi connectivity index (χ1v) is 31.9. The van der Waals surface area contributed by atoms with Gasteiger partial charge in [0.2, 0.25) is 59.1 Å². The molecule has 3 rings (SSSR count). The number of amides is 10. The molecular weight excluding hydrogens is 1160 g/mol. The van der Waals surface area contributed by atoms with E-state index >= 15 is 0 Å². The highest BCUT2D eigenvalue weighted by Gasteiger charge is 2.35. The van der Waals surface area contributed by atoms with Crippen molar-refractivity contribution >= 4 is 75.9 Å². The number of benzene rings is 2. The van der Waals surface area contributed by atoms with Crippen LogP contribution in [0.1, 0.15) is 174 Å². The lowest BCUT2D eigenvalue weighted by Gasteiger charge is -2.29. The number of hydrogen-bond acceptors (Lipinski definition) is 14. The number of nitrogens with one attached hydrogen (secondary N) is 10. The number of fused-ring (bicyclic) bond motifs is 1. The summed E-state index contributed by atoms with van der Waals surface area (Å²) in [6.07, 6.45) is 15.4. The Balaban J connectivity index is 1.75. The molecule has 9 atom stereocenters. The summed E-state index contributed by atoms with van der Waals surface area (Å²) in [5, 5.41) is 43.6. The zero-order valence-corrected chi connectivity index (χ0v) is 53.2. The Morgan fingerprint density at radius 3 is 1.60 bits per heavy atom. The van der Waals surface area contributed by atoms with Gasteiger partial charge in [-0.15, -0.1) is 0 Å². The van der Waals surface area contributed by atoms with Crippen LogP contribution in [0.2, 0.25) is 0 Å². The average Bonchev–Trinajstić information content (AvgIpc) is 2.66. The minimum absolute atomic E-state index is 0.00786. The number of carboxylic acid groups (broad SMARTS) is 1. The Hall–Kier alpha value is -8.13. The summed E-state index contributed by atoms with van der Waals surface area (Å²) in [6, 6.07) is 2.41. The molecule has 0 aliphatic rings. The number of carboxylic acids is 1. The Kier molecular flexibility index (Phi) is 35.5. The molecule has 90 heavy (non-hydrogen) atoms. The van der Waals surface area contributed by atoms with Gasteiger partial charge < -0.3 is 80.2 Å². The quantitative estimate of drug-likeness (QED) is 0.0362. The highest BCUT2D eigenvalue weighted by atomic mass is 16.4. The molecule has 18 N–H and O–H groups in total. The van der Waals surface area contributed by atoms with E-state index in [1.165, 1.54) is 76.1 Å². The minimum atomic E-state index is -1.67. The first-order chi connectivity index (χ1) is 43.0. The van der Waals surface area contributed by atoms with E-state index in [0.717, 1.165) is 42.7 Å². The van der Waals surface area contributed by atoms with Gasteiger partial charge in [-0.05, 0) is 107 Å². The number of primary amides is 1. The Morgan fingerprint density at radius 1 is 0.511 bits per heavy atom.